The molecule has 3 rings (SSSR count). The van der Waals surface area contributed by atoms with Crippen LogP contribution in [-0.4, -0.2) is 29.0 Å². The summed E-state index contributed by atoms with van der Waals surface area (Å²) in [5.74, 6) is 1.32. The van der Waals surface area contributed by atoms with E-state index in [1.165, 1.54) is 30.2 Å². The summed E-state index contributed by atoms with van der Waals surface area (Å²) in [6.45, 7) is 1.66. The van der Waals surface area contributed by atoms with Gasteiger partial charge in [0.2, 0.25) is 0 Å². The molecule has 1 aliphatic carbocycles. The Morgan fingerprint density at radius 1 is 1.48 bits per heavy atom. The number of guanidine groups is 1. The van der Waals surface area contributed by atoms with Crippen LogP contribution < -0.4 is 11.1 Å². The standard InChI is InChI=1S/C15H21N5.HI/c16-15(20-9-11-3-1-4-11)18-8-6-12-10-19-14-13(12)5-2-7-17-14;/h2,5,7,10-11H,1,3-4,6,8-9H2,(H,17,19)(H3,16,18,20);1H. The molecule has 2 heterocycles. The predicted octanol–water partition coefficient (Wildman–Crippen LogP) is 2.43. The van der Waals surface area contributed by atoms with Crippen molar-refractivity contribution < 1.29 is 0 Å². The Kier molecular flexibility index (Phi) is 5.84. The van der Waals surface area contributed by atoms with Crippen LogP contribution in [0, 0.1) is 5.92 Å². The molecule has 2 aromatic rings. The fourth-order valence-electron chi connectivity index (χ4n) is 2.50. The largest absolute Gasteiger partial charge is 0.370 e. The van der Waals surface area contributed by atoms with Gasteiger partial charge in [-0.25, -0.2) is 4.98 Å². The zero-order valence-corrected chi connectivity index (χ0v) is 14.3. The normalized spacial score (nSPS) is 15.5. The van der Waals surface area contributed by atoms with Gasteiger partial charge in [-0.1, -0.05) is 6.42 Å². The van der Waals surface area contributed by atoms with E-state index in [1.807, 2.05) is 12.3 Å². The van der Waals surface area contributed by atoms with Crippen molar-refractivity contribution in [2.75, 3.05) is 13.1 Å². The van der Waals surface area contributed by atoms with Crippen molar-refractivity contribution >= 4 is 41.0 Å². The van der Waals surface area contributed by atoms with Crippen molar-refractivity contribution in [3.8, 4) is 0 Å². The van der Waals surface area contributed by atoms with E-state index in [1.54, 1.807) is 6.20 Å². The Labute approximate surface area is 141 Å². The van der Waals surface area contributed by atoms with E-state index in [-0.39, 0.29) is 24.0 Å². The van der Waals surface area contributed by atoms with Gasteiger partial charge in [0.1, 0.15) is 5.65 Å². The first-order chi connectivity index (χ1) is 9.83. The molecule has 4 N–H and O–H groups in total. The van der Waals surface area contributed by atoms with Crippen LogP contribution in [0.3, 0.4) is 0 Å². The highest BCUT2D eigenvalue weighted by Crippen LogP contribution is 2.26. The van der Waals surface area contributed by atoms with Crippen LogP contribution in [0.1, 0.15) is 24.8 Å². The van der Waals surface area contributed by atoms with Gasteiger partial charge in [0.15, 0.2) is 5.96 Å². The second-order valence-electron chi connectivity index (χ2n) is 5.41. The third kappa shape index (κ3) is 4.09. The molecule has 114 valence electrons. The number of fused-ring (bicyclic) bond motifs is 1. The summed E-state index contributed by atoms with van der Waals surface area (Å²) in [5.41, 5.74) is 8.07. The molecule has 1 aliphatic rings. The second kappa shape index (κ2) is 7.63. The Bertz CT molecular complexity index is 603. The Morgan fingerprint density at radius 2 is 2.33 bits per heavy atom. The van der Waals surface area contributed by atoms with E-state index >= 15 is 0 Å². The van der Waals surface area contributed by atoms with Crippen LogP contribution in [0.5, 0.6) is 0 Å². The summed E-state index contributed by atoms with van der Waals surface area (Å²) in [7, 11) is 0. The maximum absolute atomic E-state index is 5.87. The Balaban J connectivity index is 0.00000161. The lowest BCUT2D eigenvalue weighted by atomic mass is 9.86. The lowest BCUT2D eigenvalue weighted by Gasteiger charge is -2.23. The average molecular weight is 399 g/mol. The smallest absolute Gasteiger partial charge is 0.188 e. The highest BCUT2D eigenvalue weighted by atomic mass is 127. The predicted molar refractivity (Wildman–Crippen MR) is 97.0 cm³/mol. The number of nitrogens with one attached hydrogen (secondary N) is 2. The van der Waals surface area contributed by atoms with Crippen molar-refractivity contribution in [3.05, 3.63) is 30.1 Å². The molecule has 2 aromatic heterocycles. The molecule has 0 saturated heterocycles. The summed E-state index contributed by atoms with van der Waals surface area (Å²) in [6.07, 6.45) is 8.68. The van der Waals surface area contributed by atoms with Crippen molar-refractivity contribution in [2.45, 2.75) is 25.7 Å². The van der Waals surface area contributed by atoms with Gasteiger partial charge >= 0.3 is 0 Å². The number of aromatic amines is 1. The van der Waals surface area contributed by atoms with Gasteiger partial charge in [-0.05, 0) is 42.9 Å². The van der Waals surface area contributed by atoms with Crippen molar-refractivity contribution in [3.63, 3.8) is 0 Å². The molecule has 5 nitrogen and oxygen atoms in total. The second-order valence-corrected chi connectivity index (χ2v) is 5.41. The van der Waals surface area contributed by atoms with Crippen molar-refractivity contribution in [2.24, 2.45) is 16.6 Å². The number of H-pyrrole nitrogens is 1. The van der Waals surface area contributed by atoms with E-state index in [0.29, 0.717) is 5.96 Å². The number of pyridine rings is 1. The number of aromatic nitrogens is 2. The molecule has 1 saturated carbocycles. The highest BCUT2D eigenvalue weighted by molar-refractivity contribution is 14.0. The number of nitrogens with two attached hydrogens (primary N) is 1. The average Bonchev–Trinajstić information content (AvgIpc) is 2.81. The van der Waals surface area contributed by atoms with E-state index < -0.39 is 0 Å². The minimum atomic E-state index is 0. The highest BCUT2D eigenvalue weighted by Gasteiger charge is 2.16. The molecule has 0 atom stereocenters. The fraction of sp³-hybridized carbons (Fsp3) is 0.467. The van der Waals surface area contributed by atoms with Crippen LogP contribution in [0.4, 0.5) is 0 Å². The summed E-state index contributed by atoms with van der Waals surface area (Å²) in [5, 5.41) is 4.36. The number of hydrogen-bond donors (Lipinski definition) is 3. The summed E-state index contributed by atoms with van der Waals surface area (Å²) in [6, 6.07) is 4.05. The van der Waals surface area contributed by atoms with Crippen LogP contribution in [0.15, 0.2) is 29.5 Å². The SMILES string of the molecule is I.NC(=NCC1CCC1)NCCc1c[nH]c2ncccc12. The number of nitrogens with zero attached hydrogens (tertiary/aromatic N) is 2. The molecule has 0 spiro atoms. The third-order valence-corrected chi connectivity index (χ3v) is 3.98. The lowest BCUT2D eigenvalue weighted by molar-refractivity contribution is 0.326. The molecule has 0 unspecified atom stereocenters. The fourth-order valence-corrected chi connectivity index (χ4v) is 2.50. The quantitative estimate of drug-likeness (QED) is 0.411. The van der Waals surface area contributed by atoms with E-state index in [9.17, 15) is 0 Å². The summed E-state index contributed by atoms with van der Waals surface area (Å²) >= 11 is 0. The number of halogens is 1. The maximum Gasteiger partial charge on any atom is 0.188 e. The molecule has 0 aromatic carbocycles. The molecule has 21 heavy (non-hydrogen) atoms. The molecule has 0 radical (unpaired) electrons. The van der Waals surface area contributed by atoms with E-state index in [0.717, 1.165) is 31.1 Å². The summed E-state index contributed by atoms with van der Waals surface area (Å²) in [4.78, 5) is 11.9. The number of rotatable bonds is 5. The van der Waals surface area contributed by atoms with Crippen molar-refractivity contribution in [1.29, 1.82) is 0 Å². The number of aliphatic imine (C=N–C) groups is 1. The maximum atomic E-state index is 5.87. The van der Waals surface area contributed by atoms with Crippen LogP contribution in [0.25, 0.3) is 11.0 Å². The van der Waals surface area contributed by atoms with Gasteiger partial charge < -0.3 is 16.0 Å². The molecule has 0 bridgehead atoms. The van der Waals surface area contributed by atoms with Crippen LogP contribution in [0.2, 0.25) is 0 Å². The lowest BCUT2D eigenvalue weighted by Crippen LogP contribution is -2.34. The van der Waals surface area contributed by atoms with E-state index in [4.69, 9.17) is 5.73 Å². The Hall–Kier alpha value is -1.31. The molecular weight excluding hydrogens is 377 g/mol. The topological polar surface area (TPSA) is 79.1 Å². The van der Waals surface area contributed by atoms with Gasteiger partial charge in [0.25, 0.3) is 0 Å². The Morgan fingerprint density at radius 3 is 3.10 bits per heavy atom. The first kappa shape index (κ1) is 16.1. The van der Waals surface area contributed by atoms with Gasteiger partial charge in [0, 0.05) is 30.9 Å². The van der Waals surface area contributed by atoms with Gasteiger partial charge in [-0.3, -0.25) is 4.99 Å². The molecule has 6 heteroatoms. The monoisotopic (exact) mass is 399 g/mol. The van der Waals surface area contributed by atoms with Crippen LogP contribution >= 0.6 is 24.0 Å². The summed E-state index contributed by atoms with van der Waals surface area (Å²) < 4.78 is 0. The first-order valence-corrected chi connectivity index (χ1v) is 7.27. The molecule has 0 aliphatic heterocycles. The molecule has 0 amide bonds. The first-order valence-electron chi connectivity index (χ1n) is 7.27. The van der Waals surface area contributed by atoms with Crippen molar-refractivity contribution in [1.82, 2.24) is 15.3 Å². The number of hydrogen-bond acceptors (Lipinski definition) is 2. The van der Waals surface area contributed by atoms with Crippen LogP contribution in [-0.2, 0) is 6.42 Å². The minimum Gasteiger partial charge on any atom is -0.370 e. The van der Waals surface area contributed by atoms with Gasteiger partial charge in [-0.15, -0.1) is 24.0 Å². The van der Waals surface area contributed by atoms with Gasteiger partial charge in [-0.2, -0.15) is 0 Å². The zero-order valence-electron chi connectivity index (χ0n) is 12.0. The molecule has 1 fully saturated rings. The molecular formula is C15H22IN5. The zero-order chi connectivity index (χ0) is 13.8. The minimum absolute atomic E-state index is 0. The third-order valence-electron chi connectivity index (χ3n) is 3.98. The van der Waals surface area contributed by atoms with Gasteiger partial charge in [0.05, 0.1) is 0 Å². The van der Waals surface area contributed by atoms with E-state index in [2.05, 4.69) is 26.3 Å².